The van der Waals surface area contributed by atoms with Crippen LogP contribution in [0.5, 0.6) is 0 Å². The first-order chi connectivity index (χ1) is 4.91. The zero-order chi connectivity index (χ0) is 8.65. The molecule has 1 aliphatic rings. The van der Waals surface area contributed by atoms with Crippen LogP contribution in [0.15, 0.2) is 0 Å². The van der Waals surface area contributed by atoms with Crippen molar-refractivity contribution in [2.45, 2.75) is 12.8 Å². The largest absolute Gasteiger partial charge is 0.349 e. The van der Waals surface area contributed by atoms with Crippen molar-refractivity contribution in [2.24, 2.45) is 0 Å². The Morgan fingerprint density at radius 2 is 2.09 bits per heavy atom. The van der Waals surface area contributed by atoms with E-state index in [-0.39, 0.29) is 6.54 Å². The lowest BCUT2D eigenvalue weighted by Crippen LogP contribution is -2.47. The number of aliphatic hydroxyl groups is 2. The molecule has 1 saturated heterocycles. The Hall–Kier alpha value is -1.14. The zero-order valence-corrected chi connectivity index (χ0v) is 5.87. The second-order valence-corrected chi connectivity index (χ2v) is 2.41. The fourth-order valence-electron chi connectivity index (χ4n) is 0.784. The minimum absolute atomic E-state index is 0.317. The summed E-state index contributed by atoms with van der Waals surface area (Å²) >= 11 is 0. The van der Waals surface area contributed by atoms with Crippen molar-refractivity contribution in [3.8, 4) is 0 Å². The van der Waals surface area contributed by atoms with E-state index >= 15 is 0 Å². The first kappa shape index (κ1) is 7.96. The topological polar surface area (TPSA) is 89.9 Å². The molecule has 0 atom stereocenters. The Balaban J connectivity index is 2.76. The minimum Gasteiger partial charge on any atom is -0.349 e. The van der Waals surface area contributed by atoms with Crippen LogP contribution in [0.3, 0.4) is 0 Å². The van der Waals surface area contributed by atoms with E-state index < -0.39 is 17.8 Å². The molecular formula is C5H8N2O4. The van der Waals surface area contributed by atoms with Crippen LogP contribution in [0.1, 0.15) is 6.92 Å². The predicted molar refractivity (Wildman–Crippen MR) is 33.1 cm³/mol. The zero-order valence-electron chi connectivity index (χ0n) is 5.87. The maximum atomic E-state index is 10.7. The van der Waals surface area contributed by atoms with Gasteiger partial charge < -0.3 is 10.2 Å². The number of amides is 3. The lowest BCUT2D eigenvalue weighted by Gasteiger charge is -2.25. The summed E-state index contributed by atoms with van der Waals surface area (Å²) in [4.78, 5) is 21.8. The van der Waals surface area contributed by atoms with Gasteiger partial charge in [0, 0.05) is 6.92 Å². The van der Waals surface area contributed by atoms with Gasteiger partial charge in [-0.3, -0.25) is 15.0 Å². The molecule has 0 aromatic carbocycles. The smallest absolute Gasteiger partial charge is 0.328 e. The van der Waals surface area contributed by atoms with Gasteiger partial charge in [0.25, 0.3) is 0 Å². The molecule has 0 aromatic heterocycles. The Labute approximate surface area is 62.4 Å². The lowest BCUT2D eigenvalue weighted by atomic mass is 10.4. The number of carbonyl (C=O) groups is 2. The molecule has 0 saturated carbocycles. The first-order valence-electron chi connectivity index (χ1n) is 2.97. The van der Waals surface area contributed by atoms with Crippen LogP contribution in [-0.2, 0) is 4.79 Å². The highest BCUT2D eigenvalue weighted by Gasteiger charge is 2.38. The summed E-state index contributed by atoms with van der Waals surface area (Å²) < 4.78 is 0. The second-order valence-electron chi connectivity index (χ2n) is 2.41. The van der Waals surface area contributed by atoms with Crippen LogP contribution in [-0.4, -0.2) is 39.5 Å². The lowest BCUT2D eigenvalue weighted by molar-refractivity contribution is -0.225. The van der Waals surface area contributed by atoms with Crippen molar-refractivity contribution in [3.63, 3.8) is 0 Å². The van der Waals surface area contributed by atoms with E-state index in [0.717, 1.165) is 6.92 Å². The van der Waals surface area contributed by atoms with Crippen molar-refractivity contribution < 1.29 is 19.8 Å². The molecule has 0 spiro atoms. The van der Waals surface area contributed by atoms with Gasteiger partial charge in [0.2, 0.25) is 11.8 Å². The molecule has 0 aliphatic carbocycles. The predicted octanol–water partition coefficient (Wildman–Crippen LogP) is -1.80. The van der Waals surface area contributed by atoms with E-state index in [9.17, 15) is 9.59 Å². The van der Waals surface area contributed by atoms with Crippen LogP contribution in [0.4, 0.5) is 4.79 Å². The Morgan fingerprint density at radius 3 is 2.27 bits per heavy atom. The molecule has 1 heterocycles. The minimum atomic E-state index is -2.27. The molecule has 1 fully saturated rings. The van der Waals surface area contributed by atoms with E-state index in [1.54, 1.807) is 0 Å². The number of imide groups is 1. The highest BCUT2D eigenvalue weighted by Crippen LogP contribution is 2.10. The maximum absolute atomic E-state index is 10.7. The average Bonchev–Trinajstić information content (AvgIpc) is 2.08. The van der Waals surface area contributed by atoms with E-state index in [1.807, 2.05) is 5.32 Å². The standard InChI is InChI=1S/C5H8N2O4/c1-5(10,11)7-2-3(8)6-4(7)9/h10-11H,2H2,1H3,(H,6,8,9). The third-order valence-corrected chi connectivity index (χ3v) is 1.30. The van der Waals surface area contributed by atoms with Crippen molar-refractivity contribution >= 4 is 11.9 Å². The number of nitrogens with one attached hydrogen (secondary N) is 1. The molecule has 0 radical (unpaired) electrons. The number of urea groups is 1. The van der Waals surface area contributed by atoms with Gasteiger partial charge in [-0.25, -0.2) is 4.79 Å². The number of hydrogen-bond acceptors (Lipinski definition) is 4. The summed E-state index contributed by atoms with van der Waals surface area (Å²) in [7, 11) is 0. The van der Waals surface area contributed by atoms with Gasteiger partial charge in [0.1, 0.15) is 6.54 Å². The fourth-order valence-corrected chi connectivity index (χ4v) is 0.784. The maximum Gasteiger partial charge on any atom is 0.328 e. The summed E-state index contributed by atoms with van der Waals surface area (Å²) in [6.07, 6.45) is 0. The third-order valence-electron chi connectivity index (χ3n) is 1.30. The highest BCUT2D eigenvalue weighted by molar-refractivity contribution is 6.02. The molecule has 6 nitrogen and oxygen atoms in total. The van der Waals surface area contributed by atoms with Crippen LogP contribution in [0.2, 0.25) is 0 Å². The summed E-state index contributed by atoms with van der Waals surface area (Å²) in [5.74, 6) is -2.81. The molecule has 0 aromatic rings. The summed E-state index contributed by atoms with van der Waals surface area (Å²) in [5, 5.41) is 19.6. The van der Waals surface area contributed by atoms with Gasteiger partial charge in [0.05, 0.1) is 0 Å². The van der Waals surface area contributed by atoms with Gasteiger partial charge in [-0.2, -0.15) is 0 Å². The molecule has 11 heavy (non-hydrogen) atoms. The van der Waals surface area contributed by atoms with Gasteiger partial charge in [0.15, 0.2) is 0 Å². The monoisotopic (exact) mass is 160 g/mol. The van der Waals surface area contributed by atoms with E-state index in [2.05, 4.69) is 0 Å². The van der Waals surface area contributed by atoms with Gasteiger partial charge in [-0.1, -0.05) is 0 Å². The van der Waals surface area contributed by atoms with E-state index in [0.29, 0.717) is 4.90 Å². The van der Waals surface area contributed by atoms with Crippen molar-refractivity contribution in [2.75, 3.05) is 6.54 Å². The number of hydrogen-bond donors (Lipinski definition) is 3. The SMILES string of the molecule is CC(O)(O)N1CC(=O)NC1=O. The highest BCUT2D eigenvalue weighted by atomic mass is 16.5. The molecule has 62 valence electrons. The number of carbonyl (C=O) groups excluding carboxylic acids is 2. The Bertz CT molecular complexity index is 207. The number of nitrogens with zero attached hydrogens (tertiary/aromatic N) is 1. The van der Waals surface area contributed by atoms with Gasteiger partial charge in [-0.15, -0.1) is 0 Å². The van der Waals surface area contributed by atoms with Gasteiger partial charge >= 0.3 is 6.03 Å². The summed E-state index contributed by atoms with van der Waals surface area (Å²) in [6, 6.07) is -0.789. The molecular weight excluding hydrogens is 152 g/mol. The molecule has 3 amide bonds. The van der Waals surface area contributed by atoms with E-state index in [4.69, 9.17) is 10.2 Å². The normalized spacial score (nSPS) is 19.0. The van der Waals surface area contributed by atoms with Gasteiger partial charge in [-0.05, 0) is 0 Å². The average molecular weight is 160 g/mol. The first-order valence-corrected chi connectivity index (χ1v) is 2.97. The van der Waals surface area contributed by atoms with Crippen molar-refractivity contribution in [1.29, 1.82) is 0 Å². The quantitative estimate of drug-likeness (QED) is 0.311. The molecule has 0 bridgehead atoms. The van der Waals surface area contributed by atoms with Crippen LogP contribution < -0.4 is 5.32 Å². The fraction of sp³-hybridized carbons (Fsp3) is 0.600. The molecule has 0 unspecified atom stereocenters. The van der Waals surface area contributed by atoms with Crippen LogP contribution >= 0.6 is 0 Å². The third kappa shape index (κ3) is 1.47. The Morgan fingerprint density at radius 1 is 1.55 bits per heavy atom. The molecule has 1 aliphatic heterocycles. The van der Waals surface area contributed by atoms with Crippen LogP contribution in [0, 0.1) is 0 Å². The number of rotatable bonds is 1. The van der Waals surface area contributed by atoms with Crippen molar-refractivity contribution in [1.82, 2.24) is 10.2 Å². The van der Waals surface area contributed by atoms with Crippen molar-refractivity contribution in [3.05, 3.63) is 0 Å². The molecule has 1 rings (SSSR count). The summed E-state index contributed by atoms with van der Waals surface area (Å²) in [6.45, 7) is 0.688. The Kier molecular flexibility index (Phi) is 1.57. The second kappa shape index (κ2) is 2.18. The molecule has 6 heteroatoms. The van der Waals surface area contributed by atoms with E-state index in [1.165, 1.54) is 0 Å². The summed E-state index contributed by atoms with van der Waals surface area (Å²) in [5.41, 5.74) is 0. The molecule has 3 N–H and O–H groups in total. The van der Waals surface area contributed by atoms with Crippen LogP contribution in [0.25, 0.3) is 0 Å².